The fraction of sp³-hybridized carbons (Fsp3) is 0.429. The summed E-state index contributed by atoms with van der Waals surface area (Å²) >= 11 is 0. The van der Waals surface area contributed by atoms with Gasteiger partial charge < -0.3 is 16.2 Å². The predicted octanol–water partition coefficient (Wildman–Crippen LogP) is 1.19. The average molecular weight is 256 g/mol. The van der Waals surface area contributed by atoms with Crippen LogP contribution in [0.3, 0.4) is 0 Å². The van der Waals surface area contributed by atoms with Crippen LogP contribution in [-0.2, 0) is 0 Å². The predicted molar refractivity (Wildman–Crippen MR) is 70.9 cm³/mol. The summed E-state index contributed by atoms with van der Waals surface area (Å²) in [5, 5.41) is 31.3. The van der Waals surface area contributed by atoms with Crippen molar-refractivity contribution in [3.05, 3.63) is 28.8 Å². The van der Waals surface area contributed by atoms with E-state index >= 15 is 0 Å². The van der Waals surface area contributed by atoms with E-state index in [0.29, 0.717) is 18.2 Å². The molecular formula is C14H16N4O. The Morgan fingerprint density at radius 1 is 1.32 bits per heavy atom. The Morgan fingerprint density at radius 2 is 1.89 bits per heavy atom. The molecule has 5 nitrogen and oxygen atoms in total. The average Bonchev–Trinajstić information content (AvgIpc) is 2.37. The van der Waals surface area contributed by atoms with E-state index in [0.717, 1.165) is 12.8 Å². The van der Waals surface area contributed by atoms with Crippen LogP contribution in [0.1, 0.15) is 42.1 Å². The summed E-state index contributed by atoms with van der Waals surface area (Å²) in [6.07, 6.45) is 2.77. The second-order valence-corrected chi connectivity index (χ2v) is 4.81. The Morgan fingerprint density at radius 3 is 2.32 bits per heavy atom. The molecule has 1 unspecified atom stereocenters. The van der Waals surface area contributed by atoms with Gasteiger partial charge in [0.15, 0.2) is 0 Å². The van der Waals surface area contributed by atoms with Gasteiger partial charge >= 0.3 is 0 Å². The Kier molecular flexibility index (Phi) is 4.01. The van der Waals surface area contributed by atoms with Gasteiger partial charge in [-0.2, -0.15) is 10.5 Å². The minimum Gasteiger partial charge on any atom is -0.397 e. The number of nitrogens with zero attached hydrogens (tertiary/aromatic N) is 2. The minimum absolute atomic E-state index is 0.174. The highest BCUT2D eigenvalue weighted by Crippen LogP contribution is 2.24. The summed E-state index contributed by atoms with van der Waals surface area (Å²) in [5.41, 5.74) is 6.87. The second kappa shape index (κ2) is 5.71. The summed E-state index contributed by atoms with van der Waals surface area (Å²) in [7, 11) is 0. The van der Waals surface area contributed by atoms with Gasteiger partial charge in [-0.05, 0) is 30.5 Å². The molecule has 1 atom stereocenters. The van der Waals surface area contributed by atoms with Crippen molar-refractivity contribution < 1.29 is 5.11 Å². The summed E-state index contributed by atoms with van der Waals surface area (Å²) in [6, 6.07) is 7.46. The number of nitriles is 2. The molecule has 1 fully saturated rings. The first-order chi connectivity index (χ1) is 9.15. The smallest absolute Gasteiger partial charge is 0.101 e. The van der Waals surface area contributed by atoms with E-state index < -0.39 is 6.10 Å². The number of benzene rings is 1. The first kappa shape index (κ1) is 13.4. The highest BCUT2D eigenvalue weighted by atomic mass is 16.3. The number of nitrogen functional groups attached to an aromatic ring is 1. The molecule has 4 N–H and O–H groups in total. The van der Waals surface area contributed by atoms with Gasteiger partial charge in [0.1, 0.15) is 12.1 Å². The zero-order chi connectivity index (χ0) is 13.8. The van der Waals surface area contributed by atoms with E-state index in [1.165, 1.54) is 6.42 Å². The topological polar surface area (TPSA) is 106 Å². The summed E-state index contributed by atoms with van der Waals surface area (Å²) in [6.45, 7) is 0.421. The van der Waals surface area contributed by atoms with Crippen LogP contribution in [0.5, 0.6) is 0 Å². The van der Waals surface area contributed by atoms with Crippen LogP contribution in [0.2, 0.25) is 0 Å². The zero-order valence-electron chi connectivity index (χ0n) is 10.6. The molecule has 1 aliphatic rings. The molecule has 0 radical (unpaired) electrons. The molecule has 0 aliphatic heterocycles. The fourth-order valence-electron chi connectivity index (χ4n) is 2.06. The Labute approximate surface area is 112 Å². The quantitative estimate of drug-likeness (QED) is 0.701. The van der Waals surface area contributed by atoms with Gasteiger partial charge in [0, 0.05) is 12.6 Å². The van der Waals surface area contributed by atoms with Crippen molar-refractivity contribution in [3.63, 3.8) is 0 Å². The van der Waals surface area contributed by atoms with Crippen molar-refractivity contribution in [2.75, 3.05) is 12.3 Å². The molecule has 0 saturated heterocycles. The maximum Gasteiger partial charge on any atom is 0.101 e. The molecule has 0 amide bonds. The van der Waals surface area contributed by atoms with Crippen molar-refractivity contribution in [1.29, 1.82) is 10.5 Å². The van der Waals surface area contributed by atoms with Gasteiger partial charge in [-0.1, -0.05) is 6.42 Å². The fourth-order valence-corrected chi connectivity index (χ4v) is 2.06. The molecule has 0 aromatic heterocycles. The van der Waals surface area contributed by atoms with Crippen molar-refractivity contribution in [1.82, 2.24) is 5.32 Å². The lowest BCUT2D eigenvalue weighted by Crippen LogP contribution is -2.37. The Hall–Kier alpha value is -2.08. The molecule has 0 spiro atoms. The second-order valence-electron chi connectivity index (χ2n) is 4.81. The molecular weight excluding hydrogens is 240 g/mol. The molecule has 1 saturated carbocycles. The number of hydrogen-bond donors (Lipinski definition) is 3. The van der Waals surface area contributed by atoms with E-state index in [4.69, 9.17) is 16.3 Å². The van der Waals surface area contributed by atoms with Crippen LogP contribution < -0.4 is 11.1 Å². The summed E-state index contributed by atoms with van der Waals surface area (Å²) in [4.78, 5) is 0. The Bertz CT molecular complexity index is 517. The van der Waals surface area contributed by atoms with Crippen LogP contribution in [0, 0.1) is 22.7 Å². The number of anilines is 1. The van der Waals surface area contributed by atoms with E-state index in [2.05, 4.69) is 5.32 Å². The molecule has 1 aliphatic carbocycles. The molecule has 5 heteroatoms. The van der Waals surface area contributed by atoms with E-state index in [-0.39, 0.29) is 16.8 Å². The van der Waals surface area contributed by atoms with Crippen LogP contribution >= 0.6 is 0 Å². The third-order valence-corrected chi connectivity index (χ3v) is 3.53. The molecule has 0 bridgehead atoms. The number of hydrogen-bond acceptors (Lipinski definition) is 5. The summed E-state index contributed by atoms with van der Waals surface area (Å²) in [5.74, 6) is 0. The van der Waals surface area contributed by atoms with Gasteiger partial charge in [-0.3, -0.25) is 0 Å². The van der Waals surface area contributed by atoms with Crippen molar-refractivity contribution in [2.24, 2.45) is 0 Å². The van der Waals surface area contributed by atoms with Gasteiger partial charge in [0.05, 0.1) is 22.9 Å². The maximum absolute atomic E-state index is 10.1. The van der Waals surface area contributed by atoms with Crippen molar-refractivity contribution in [2.45, 2.75) is 31.4 Å². The molecule has 98 valence electrons. The number of nitrogens with two attached hydrogens (primary N) is 1. The number of aliphatic hydroxyl groups excluding tert-OH is 1. The van der Waals surface area contributed by atoms with E-state index in [1.54, 1.807) is 12.1 Å². The molecule has 0 heterocycles. The third-order valence-electron chi connectivity index (χ3n) is 3.53. The van der Waals surface area contributed by atoms with Crippen LogP contribution in [0.15, 0.2) is 12.1 Å². The van der Waals surface area contributed by atoms with Crippen LogP contribution in [0.4, 0.5) is 5.69 Å². The lowest BCUT2D eigenvalue weighted by atomic mass is 9.92. The third kappa shape index (κ3) is 2.85. The molecule has 19 heavy (non-hydrogen) atoms. The maximum atomic E-state index is 10.1. The molecule has 1 aromatic carbocycles. The lowest BCUT2D eigenvalue weighted by Gasteiger charge is -2.27. The standard InChI is InChI=1S/C14H16N4O/c15-6-10-4-9(5-11(7-16)14(10)17)13(19)8-18-12-2-1-3-12/h4-5,12-13,18-19H,1-3,8,17H2. The molecule has 1 aromatic rings. The number of nitrogens with one attached hydrogen (secondary N) is 1. The Balaban J connectivity index is 2.14. The highest BCUT2D eigenvalue weighted by Gasteiger charge is 2.19. The lowest BCUT2D eigenvalue weighted by molar-refractivity contribution is 0.161. The van der Waals surface area contributed by atoms with Gasteiger partial charge in [-0.15, -0.1) is 0 Å². The van der Waals surface area contributed by atoms with Crippen LogP contribution in [0.25, 0.3) is 0 Å². The SMILES string of the molecule is N#Cc1cc(C(O)CNC2CCC2)cc(C#N)c1N. The van der Waals surface area contributed by atoms with Crippen molar-refractivity contribution >= 4 is 5.69 Å². The van der Waals surface area contributed by atoms with Crippen molar-refractivity contribution in [3.8, 4) is 12.1 Å². The minimum atomic E-state index is -0.736. The van der Waals surface area contributed by atoms with E-state index in [9.17, 15) is 5.11 Å². The monoisotopic (exact) mass is 256 g/mol. The molecule has 2 rings (SSSR count). The van der Waals surface area contributed by atoms with Gasteiger partial charge in [0.2, 0.25) is 0 Å². The number of aliphatic hydroxyl groups is 1. The van der Waals surface area contributed by atoms with Gasteiger partial charge in [0.25, 0.3) is 0 Å². The zero-order valence-corrected chi connectivity index (χ0v) is 10.6. The van der Waals surface area contributed by atoms with E-state index in [1.807, 2.05) is 12.1 Å². The van der Waals surface area contributed by atoms with Gasteiger partial charge in [-0.25, -0.2) is 0 Å². The largest absolute Gasteiger partial charge is 0.397 e. The first-order valence-corrected chi connectivity index (χ1v) is 6.30. The highest BCUT2D eigenvalue weighted by molar-refractivity contribution is 5.65. The number of rotatable bonds is 4. The normalized spacial score (nSPS) is 16.2. The summed E-state index contributed by atoms with van der Waals surface area (Å²) < 4.78 is 0. The van der Waals surface area contributed by atoms with Crippen LogP contribution in [-0.4, -0.2) is 17.7 Å². The first-order valence-electron chi connectivity index (χ1n) is 6.30.